The molecule has 0 aromatic heterocycles. The average molecular weight is 289 g/mol. The van der Waals surface area contributed by atoms with E-state index in [1.807, 2.05) is 31.2 Å². The molecule has 7 heteroatoms. The molecule has 0 fully saturated rings. The van der Waals surface area contributed by atoms with Gasteiger partial charge in [0.2, 0.25) is 0 Å². The summed E-state index contributed by atoms with van der Waals surface area (Å²) in [6.45, 7) is 3.49. The first-order chi connectivity index (χ1) is 9.82. The van der Waals surface area contributed by atoms with Crippen LogP contribution in [0.1, 0.15) is 11.1 Å². The van der Waals surface area contributed by atoms with Crippen LogP contribution in [0.15, 0.2) is 42.5 Å². The Morgan fingerprint density at radius 1 is 0.952 bits per heavy atom. The van der Waals surface area contributed by atoms with Gasteiger partial charge in [0, 0.05) is 17.3 Å². The molecule has 0 aliphatic rings. The minimum atomic E-state index is -0.759. The van der Waals surface area contributed by atoms with Crippen molar-refractivity contribution in [1.82, 2.24) is 0 Å². The minimum absolute atomic E-state index is 0.291. The second-order valence-corrected chi connectivity index (χ2v) is 4.37. The molecule has 0 unspecified atom stereocenters. The van der Waals surface area contributed by atoms with Crippen LogP contribution in [0.25, 0.3) is 0 Å². The smallest absolute Gasteiger partial charge is 0.348 e. The van der Waals surface area contributed by atoms with Crippen molar-refractivity contribution in [2.24, 2.45) is 0 Å². The number of nitrogens with two attached hydrogens (primary N) is 1. The third kappa shape index (κ3) is 4.57. The minimum Gasteiger partial charge on any atom is -0.399 e. The Labute approximate surface area is 121 Å². The van der Waals surface area contributed by atoms with Crippen molar-refractivity contribution in [1.29, 1.82) is 0 Å². The number of benzene rings is 2. The maximum absolute atomic E-state index is 10.4. The lowest BCUT2D eigenvalue weighted by atomic mass is 10.2. The Bertz CT molecular complexity index is 654. The van der Waals surface area contributed by atoms with Crippen LogP contribution < -0.4 is 5.73 Å². The number of rotatable bonds is 2. The normalized spacial score (nSPS) is 9.43. The van der Waals surface area contributed by atoms with Crippen LogP contribution in [0.3, 0.4) is 0 Å². The SMILES string of the molecule is Cc1cccc(N)c1.Cc1cccc([N+](=O)[O-])c1[N+](=O)[O-]. The van der Waals surface area contributed by atoms with E-state index >= 15 is 0 Å². The largest absolute Gasteiger partial charge is 0.399 e. The van der Waals surface area contributed by atoms with E-state index in [0.717, 1.165) is 11.8 Å². The summed E-state index contributed by atoms with van der Waals surface area (Å²) < 4.78 is 0. The lowest BCUT2D eigenvalue weighted by molar-refractivity contribution is -0.422. The summed E-state index contributed by atoms with van der Waals surface area (Å²) in [5.41, 5.74) is 6.90. The molecule has 0 saturated heterocycles. The van der Waals surface area contributed by atoms with E-state index in [2.05, 4.69) is 0 Å². The highest BCUT2D eigenvalue weighted by Crippen LogP contribution is 2.29. The molecule has 0 radical (unpaired) electrons. The van der Waals surface area contributed by atoms with Gasteiger partial charge in [-0.15, -0.1) is 0 Å². The first-order valence-corrected chi connectivity index (χ1v) is 6.03. The van der Waals surface area contributed by atoms with Crippen molar-refractivity contribution in [2.75, 3.05) is 5.73 Å². The Morgan fingerprint density at radius 2 is 1.57 bits per heavy atom. The van der Waals surface area contributed by atoms with Crippen molar-refractivity contribution in [3.8, 4) is 0 Å². The third-order valence-electron chi connectivity index (χ3n) is 2.64. The zero-order valence-electron chi connectivity index (χ0n) is 11.6. The molecule has 0 atom stereocenters. The summed E-state index contributed by atoms with van der Waals surface area (Å²) in [6, 6.07) is 11.8. The molecule has 0 amide bonds. The van der Waals surface area contributed by atoms with Gasteiger partial charge < -0.3 is 5.73 Å². The molecule has 0 spiro atoms. The molecule has 21 heavy (non-hydrogen) atoms. The molecule has 0 heterocycles. The predicted molar refractivity (Wildman–Crippen MR) is 80.1 cm³/mol. The standard InChI is InChI=1S/C7H6N2O4.C7H9N/c1-5-3-2-4-6(8(10)11)7(5)9(12)13;1-6-3-2-4-7(8)5-6/h2-4H,1H3;2-5H,8H2,1H3. The van der Waals surface area contributed by atoms with Crippen LogP contribution in [-0.4, -0.2) is 9.85 Å². The summed E-state index contributed by atoms with van der Waals surface area (Å²) in [5.74, 6) is 0. The van der Waals surface area contributed by atoms with E-state index in [0.29, 0.717) is 5.56 Å². The number of nitrogens with zero attached hydrogens (tertiary/aromatic N) is 2. The highest BCUT2D eigenvalue weighted by atomic mass is 16.6. The quantitative estimate of drug-likeness (QED) is 0.517. The second-order valence-electron chi connectivity index (χ2n) is 4.37. The first-order valence-electron chi connectivity index (χ1n) is 6.03. The van der Waals surface area contributed by atoms with Crippen molar-refractivity contribution < 1.29 is 9.85 Å². The van der Waals surface area contributed by atoms with Crippen LogP contribution in [0.5, 0.6) is 0 Å². The molecule has 0 aliphatic heterocycles. The maximum atomic E-state index is 10.4. The lowest BCUT2D eigenvalue weighted by Gasteiger charge is -1.96. The average Bonchev–Trinajstić information content (AvgIpc) is 2.38. The number of hydrogen-bond acceptors (Lipinski definition) is 5. The number of nitrogen functional groups attached to an aromatic ring is 1. The summed E-state index contributed by atoms with van der Waals surface area (Å²) in [6.07, 6.45) is 0. The van der Waals surface area contributed by atoms with E-state index < -0.39 is 21.2 Å². The molecule has 7 nitrogen and oxygen atoms in total. The van der Waals surface area contributed by atoms with Gasteiger partial charge >= 0.3 is 11.4 Å². The molecule has 110 valence electrons. The van der Waals surface area contributed by atoms with Gasteiger partial charge in [-0.1, -0.05) is 24.3 Å². The summed E-state index contributed by atoms with van der Waals surface area (Å²) >= 11 is 0. The van der Waals surface area contributed by atoms with Gasteiger partial charge in [-0.2, -0.15) is 0 Å². The molecule has 2 N–H and O–H groups in total. The maximum Gasteiger partial charge on any atom is 0.348 e. The fraction of sp³-hybridized carbons (Fsp3) is 0.143. The molecular formula is C14H15N3O4. The number of aryl methyl sites for hydroxylation is 2. The number of anilines is 1. The highest BCUT2D eigenvalue weighted by Gasteiger charge is 2.25. The van der Waals surface area contributed by atoms with E-state index in [1.165, 1.54) is 24.6 Å². The molecule has 0 aliphatic carbocycles. The summed E-state index contributed by atoms with van der Waals surface area (Å²) in [5, 5.41) is 20.8. The fourth-order valence-electron chi connectivity index (χ4n) is 1.70. The monoisotopic (exact) mass is 289 g/mol. The van der Waals surface area contributed by atoms with E-state index in [1.54, 1.807) is 0 Å². The number of nitro benzene ring substituents is 2. The number of nitro groups is 2. The molecule has 0 bridgehead atoms. The van der Waals surface area contributed by atoms with E-state index in [-0.39, 0.29) is 0 Å². The molecule has 2 rings (SSSR count). The predicted octanol–water partition coefficient (Wildman–Crippen LogP) is 3.39. The second kappa shape index (κ2) is 6.99. The summed E-state index contributed by atoms with van der Waals surface area (Å²) in [4.78, 5) is 19.3. The zero-order chi connectivity index (χ0) is 16.0. The van der Waals surface area contributed by atoms with Gasteiger partial charge in [0.15, 0.2) is 0 Å². The zero-order valence-corrected chi connectivity index (χ0v) is 11.6. The highest BCUT2D eigenvalue weighted by molar-refractivity contribution is 5.56. The van der Waals surface area contributed by atoms with Gasteiger partial charge in [0.05, 0.1) is 9.85 Å². The molecule has 0 saturated carbocycles. The number of hydrogen-bond donors (Lipinski definition) is 1. The van der Waals surface area contributed by atoms with Crippen molar-refractivity contribution in [3.63, 3.8) is 0 Å². The topological polar surface area (TPSA) is 112 Å². The van der Waals surface area contributed by atoms with Crippen LogP contribution in [0.4, 0.5) is 17.1 Å². The summed E-state index contributed by atoms with van der Waals surface area (Å²) in [7, 11) is 0. The van der Waals surface area contributed by atoms with Crippen molar-refractivity contribution in [3.05, 3.63) is 73.8 Å². The van der Waals surface area contributed by atoms with Gasteiger partial charge in [0.1, 0.15) is 0 Å². The Kier molecular flexibility index (Phi) is 5.36. The molecular weight excluding hydrogens is 274 g/mol. The van der Waals surface area contributed by atoms with Crippen LogP contribution >= 0.6 is 0 Å². The van der Waals surface area contributed by atoms with E-state index in [4.69, 9.17) is 5.73 Å². The Morgan fingerprint density at radius 3 is 1.95 bits per heavy atom. The van der Waals surface area contributed by atoms with Crippen LogP contribution in [-0.2, 0) is 0 Å². The molecule has 2 aromatic carbocycles. The van der Waals surface area contributed by atoms with Crippen molar-refractivity contribution >= 4 is 17.1 Å². The lowest BCUT2D eigenvalue weighted by Crippen LogP contribution is -1.98. The van der Waals surface area contributed by atoms with E-state index in [9.17, 15) is 20.2 Å². The van der Waals surface area contributed by atoms with Gasteiger partial charge in [0.25, 0.3) is 0 Å². The van der Waals surface area contributed by atoms with Crippen LogP contribution in [0.2, 0.25) is 0 Å². The fourth-order valence-corrected chi connectivity index (χ4v) is 1.70. The van der Waals surface area contributed by atoms with Crippen molar-refractivity contribution in [2.45, 2.75) is 13.8 Å². The van der Waals surface area contributed by atoms with Crippen LogP contribution in [0, 0.1) is 34.1 Å². The third-order valence-corrected chi connectivity index (χ3v) is 2.64. The van der Waals surface area contributed by atoms with Gasteiger partial charge in [-0.25, -0.2) is 0 Å². The van der Waals surface area contributed by atoms with Gasteiger partial charge in [-0.3, -0.25) is 20.2 Å². The molecule has 2 aromatic rings. The Balaban J connectivity index is 0.000000235. The first kappa shape index (κ1) is 16.1. The number of para-hydroxylation sites is 1. The Hall–Kier alpha value is -2.96. The van der Waals surface area contributed by atoms with Gasteiger partial charge in [-0.05, 0) is 31.5 Å².